The van der Waals surface area contributed by atoms with Gasteiger partial charge in [0, 0.05) is 36.2 Å². The molecule has 0 spiro atoms. The van der Waals surface area contributed by atoms with Crippen molar-refractivity contribution in [2.24, 2.45) is 5.92 Å². The SMILES string of the molecule is Cc1nccn1CC1CSc2sccc2C1=O. The second-order valence-corrected chi connectivity index (χ2v) is 6.33. The van der Waals surface area contributed by atoms with Crippen LogP contribution in [0.2, 0.25) is 0 Å². The standard InChI is InChI=1S/C12H12N2OS2/c1-8-13-3-4-14(8)6-9-7-17-12-10(11(9)15)2-5-16-12/h2-5,9H,6-7H2,1H3. The number of carbonyl (C=O) groups is 1. The Morgan fingerprint density at radius 3 is 3.24 bits per heavy atom. The minimum absolute atomic E-state index is 0.0787. The molecule has 0 saturated heterocycles. The molecule has 0 radical (unpaired) electrons. The normalized spacial score (nSPS) is 19.4. The fraction of sp³-hybridized carbons (Fsp3) is 0.333. The number of hydrogen-bond acceptors (Lipinski definition) is 4. The summed E-state index contributed by atoms with van der Waals surface area (Å²) in [6.07, 6.45) is 3.72. The topological polar surface area (TPSA) is 34.9 Å². The maximum absolute atomic E-state index is 12.3. The average molecular weight is 264 g/mol. The van der Waals surface area contributed by atoms with Crippen LogP contribution in [-0.4, -0.2) is 21.1 Å². The van der Waals surface area contributed by atoms with Gasteiger partial charge in [0.1, 0.15) is 5.82 Å². The van der Waals surface area contributed by atoms with E-state index in [0.29, 0.717) is 0 Å². The molecule has 3 heterocycles. The van der Waals surface area contributed by atoms with Crippen molar-refractivity contribution in [1.29, 1.82) is 0 Å². The van der Waals surface area contributed by atoms with Crippen LogP contribution in [-0.2, 0) is 6.54 Å². The largest absolute Gasteiger partial charge is 0.334 e. The minimum atomic E-state index is 0.0787. The number of thiophene rings is 1. The molecule has 2 aromatic heterocycles. The third kappa shape index (κ3) is 1.93. The molecule has 2 aromatic rings. The van der Waals surface area contributed by atoms with Gasteiger partial charge in [-0.25, -0.2) is 4.98 Å². The maximum Gasteiger partial charge on any atom is 0.170 e. The molecule has 0 saturated carbocycles. The summed E-state index contributed by atoms with van der Waals surface area (Å²) in [5.74, 6) is 2.21. The highest BCUT2D eigenvalue weighted by Gasteiger charge is 2.29. The zero-order chi connectivity index (χ0) is 11.8. The van der Waals surface area contributed by atoms with Gasteiger partial charge in [-0.15, -0.1) is 23.1 Å². The smallest absolute Gasteiger partial charge is 0.170 e. The van der Waals surface area contributed by atoms with Crippen LogP contribution in [0.15, 0.2) is 28.0 Å². The third-order valence-corrected chi connectivity index (χ3v) is 5.42. The van der Waals surface area contributed by atoms with Crippen LogP contribution in [0, 0.1) is 12.8 Å². The van der Waals surface area contributed by atoms with Crippen LogP contribution >= 0.6 is 23.1 Å². The van der Waals surface area contributed by atoms with E-state index in [4.69, 9.17) is 0 Å². The Labute approximate surface area is 108 Å². The molecule has 0 aromatic carbocycles. The molecule has 1 unspecified atom stereocenters. The summed E-state index contributed by atoms with van der Waals surface area (Å²) in [4.78, 5) is 16.5. The van der Waals surface area contributed by atoms with Crippen molar-refractivity contribution in [2.75, 3.05) is 5.75 Å². The summed E-state index contributed by atoms with van der Waals surface area (Å²) in [5, 5.41) is 2.00. The Kier molecular flexibility index (Phi) is 2.80. The lowest BCUT2D eigenvalue weighted by atomic mass is 10.0. The number of ketones is 1. The van der Waals surface area contributed by atoms with Gasteiger partial charge in [-0.3, -0.25) is 4.79 Å². The number of imidazole rings is 1. The van der Waals surface area contributed by atoms with Crippen LogP contribution in [0.25, 0.3) is 0 Å². The highest BCUT2D eigenvalue weighted by molar-refractivity contribution is 8.01. The van der Waals surface area contributed by atoms with Crippen molar-refractivity contribution in [3.8, 4) is 0 Å². The Balaban J connectivity index is 1.83. The summed E-state index contributed by atoms with van der Waals surface area (Å²) in [5.41, 5.74) is 0.911. The zero-order valence-corrected chi connectivity index (χ0v) is 11.1. The molecular formula is C12H12N2OS2. The fourth-order valence-electron chi connectivity index (χ4n) is 2.03. The Morgan fingerprint density at radius 2 is 2.47 bits per heavy atom. The molecule has 0 bridgehead atoms. The summed E-state index contributed by atoms with van der Waals surface area (Å²) in [6.45, 7) is 2.71. The fourth-order valence-corrected chi connectivity index (χ4v) is 4.23. The monoisotopic (exact) mass is 264 g/mol. The van der Waals surface area contributed by atoms with Gasteiger partial charge in [0.15, 0.2) is 5.78 Å². The molecular weight excluding hydrogens is 252 g/mol. The lowest BCUT2D eigenvalue weighted by Gasteiger charge is -2.21. The summed E-state index contributed by atoms with van der Waals surface area (Å²) < 4.78 is 3.23. The van der Waals surface area contributed by atoms with Crippen molar-refractivity contribution in [1.82, 2.24) is 9.55 Å². The van der Waals surface area contributed by atoms with E-state index in [1.54, 1.807) is 29.3 Å². The van der Waals surface area contributed by atoms with Gasteiger partial charge >= 0.3 is 0 Å². The summed E-state index contributed by atoms with van der Waals surface area (Å²) in [7, 11) is 0. The molecule has 1 aliphatic heterocycles. The molecule has 0 N–H and O–H groups in total. The first-order chi connectivity index (χ1) is 8.25. The van der Waals surface area contributed by atoms with Crippen LogP contribution in [0.4, 0.5) is 0 Å². The average Bonchev–Trinajstić information content (AvgIpc) is 2.92. The number of fused-ring (bicyclic) bond motifs is 1. The number of hydrogen-bond donors (Lipinski definition) is 0. The number of thioether (sulfide) groups is 1. The second kappa shape index (κ2) is 4.31. The maximum atomic E-state index is 12.3. The van der Waals surface area contributed by atoms with Gasteiger partial charge < -0.3 is 4.57 Å². The Morgan fingerprint density at radius 1 is 1.59 bits per heavy atom. The quantitative estimate of drug-likeness (QED) is 0.836. The number of aromatic nitrogens is 2. The number of aryl methyl sites for hydroxylation is 1. The molecule has 0 aliphatic carbocycles. The third-order valence-electron chi connectivity index (χ3n) is 3.02. The van der Waals surface area contributed by atoms with Crippen molar-refractivity contribution in [2.45, 2.75) is 17.7 Å². The van der Waals surface area contributed by atoms with Crippen molar-refractivity contribution in [3.05, 3.63) is 35.2 Å². The van der Waals surface area contributed by atoms with E-state index in [1.165, 1.54) is 4.21 Å². The molecule has 1 aliphatic rings. The van der Waals surface area contributed by atoms with Gasteiger partial charge in [0.05, 0.1) is 4.21 Å². The van der Waals surface area contributed by atoms with Crippen molar-refractivity contribution >= 4 is 28.9 Å². The van der Waals surface area contributed by atoms with Crippen LogP contribution in [0.3, 0.4) is 0 Å². The van der Waals surface area contributed by atoms with Crippen LogP contribution in [0.5, 0.6) is 0 Å². The Hall–Kier alpha value is -1.07. The number of nitrogens with zero attached hydrogens (tertiary/aromatic N) is 2. The molecule has 17 heavy (non-hydrogen) atoms. The molecule has 1 atom stereocenters. The van der Waals surface area contributed by atoms with E-state index < -0.39 is 0 Å². The lowest BCUT2D eigenvalue weighted by molar-refractivity contribution is 0.0916. The summed E-state index contributed by atoms with van der Waals surface area (Å²) >= 11 is 3.46. The second-order valence-electron chi connectivity index (χ2n) is 4.12. The van der Waals surface area contributed by atoms with Crippen molar-refractivity contribution < 1.29 is 4.79 Å². The zero-order valence-electron chi connectivity index (χ0n) is 9.42. The van der Waals surface area contributed by atoms with Gasteiger partial charge in [0.25, 0.3) is 0 Å². The van der Waals surface area contributed by atoms with E-state index in [2.05, 4.69) is 9.55 Å². The first-order valence-corrected chi connectivity index (χ1v) is 7.34. The van der Waals surface area contributed by atoms with Crippen LogP contribution < -0.4 is 0 Å². The number of Topliss-reactive ketones (excluding diaryl/α,β-unsaturated/α-hetero) is 1. The molecule has 0 fully saturated rings. The van der Waals surface area contributed by atoms with Crippen LogP contribution in [0.1, 0.15) is 16.2 Å². The van der Waals surface area contributed by atoms with E-state index in [1.807, 2.05) is 24.6 Å². The molecule has 3 nitrogen and oxygen atoms in total. The highest BCUT2D eigenvalue weighted by atomic mass is 32.2. The minimum Gasteiger partial charge on any atom is -0.334 e. The van der Waals surface area contributed by atoms with E-state index in [-0.39, 0.29) is 11.7 Å². The highest BCUT2D eigenvalue weighted by Crippen LogP contribution is 2.37. The lowest BCUT2D eigenvalue weighted by Crippen LogP contribution is -2.26. The summed E-state index contributed by atoms with van der Waals surface area (Å²) in [6, 6.07) is 1.95. The first kappa shape index (κ1) is 11.0. The molecule has 5 heteroatoms. The Bertz CT molecular complexity index is 558. The van der Waals surface area contributed by atoms with E-state index >= 15 is 0 Å². The van der Waals surface area contributed by atoms with E-state index in [0.717, 1.165) is 23.7 Å². The predicted octanol–water partition coefficient (Wildman–Crippen LogP) is 2.86. The first-order valence-electron chi connectivity index (χ1n) is 5.48. The predicted molar refractivity (Wildman–Crippen MR) is 69.8 cm³/mol. The van der Waals surface area contributed by atoms with E-state index in [9.17, 15) is 4.79 Å². The van der Waals surface area contributed by atoms with Gasteiger partial charge in [-0.05, 0) is 18.4 Å². The molecule has 3 rings (SSSR count). The van der Waals surface area contributed by atoms with Gasteiger partial charge in [0.2, 0.25) is 0 Å². The molecule has 88 valence electrons. The van der Waals surface area contributed by atoms with Gasteiger partial charge in [-0.2, -0.15) is 0 Å². The number of rotatable bonds is 2. The van der Waals surface area contributed by atoms with Crippen molar-refractivity contribution in [3.63, 3.8) is 0 Å². The van der Waals surface area contributed by atoms with Gasteiger partial charge in [-0.1, -0.05) is 0 Å². The molecule has 0 amide bonds. The number of carbonyl (C=O) groups excluding carboxylic acids is 1.